The number of aromatic nitrogens is 2. The van der Waals surface area contributed by atoms with E-state index < -0.39 is 9.84 Å². The summed E-state index contributed by atoms with van der Waals surface area (Å²) in [5.41, 5.74) is 1.37. The minimum atomic E-state index is -3.34. The summed E-state index contributed by atoms with van der Waals surface area (Å²) in [6, 6.07) is 13.0. The summed E-state index contributed by atoms with van der Waals surface area (Å²) in [7, 11) is -3.34. The van der Waals surface area contributed by atoms with Crippen molar-refractivity contribution in [1.29, 1.82) is 0 Å². The lowest BCUT2D eigenvalue weighted by molar-refractivity contribution is 0.0746. The molecule has 3 heterocycles. The van der Waals surface area contributed by atoms with Crippen LogP contribution in [0.3, 0.4) is 0 Å². The predicted octanol–water partition coefficient (Wildman–Crippen LogP) is 3.27. The molecule has 2 aromatic heterocycles. The predicted molar refractivity (Wildman–Crippen MR) is 120 cm³/mol. The lowest BCUT2D eigenvalue weighted by atomic mass is 10.3. The monoisotopic (exact) mass is 458 g/mol. The third-order valence-electron chi connectivity index (χ3n) is 5.08. The number of fused-ring (bicyclic) bond motifs is 2. The van der Waals surface area contributed by atoms with Crippen LogP contribution in [0.2, 0.25) is 0 Å². The highest BCUT2D eigenvalue weighted by Gasteiger charge is 2.26. The lowest BCUT2D eigenvalue weighted by Gasteiger charge is -2.34. The van der Waals surface area contributed by atoms with Gasteiger partial charge in [-0.25, -0.2) is 18.4 Å². The molecule has 0 unspecified atom stereocenters. The van der Waals surface area contributed by atoms with E-state index in [-0.39, 0.29) is 10.8 Å². The van der Waals surface area contributed by atoms with Crippen LogP contribution in [0.4, 0.5) is 5.13 Å². The van der Waals surface area contributed by atoms with Crippen LogP contribution >= 0.6 is 22.7 Å². The van der Waals surface area contributed by atoms with Crippen LogP contribution in [0.25, 0.3) is 20.4 Å². The van der Waals surface area contributed by atoms with Gasteiger partial charge in [-0.3, -0.25) is 4.79 Å². The molecule has 1 fully saturated rings. The summed E-state index contributed by atoms with van der Waals surface area (Å²) in [5, 5.41) is 1.30. The minimum Gasteiger partial charge on any atom is -0.345 e. The Labute approximate surface area is 181 Å². The van der Waals surface area contributed by atoms with Gasteiger partial charge in [-0.15, -0.1) is 11.3 Å². The number of piperazine rings is 1. The van der Waals surface area contributed by atoms with Crippen molar-refractivity contribution in [2.45, 2.75) is 4.90 Å². The second-order valence-corrected chi connectivity index (χ2v) is 11.2. The van der Waals surface area contributed by atoms with Gasteiger partial charge < -0.3 is 9.80 Å². The fraction of sp³-hybridized carbons (Fsp3) is 0.250. The maximum Gasteiger partial charge on any atom is 0.282 e. The molecule has 0 aliphatic carbocycles. The standard InChI is InChI=1S/C20H18N4O3S3/c1-30(26,27)16-8-4-7-15-17(16)22-20(29-15)24-11-9-23(10-12-24)19(25)18-21-13-5-2-3-6-14(13)28-18/h2-8H,9-12H2,1H3. The van der Waals surface area contributed by atoms with Gasteiger partial charge in [0.25, 0.3) is 5.91 Å². The topological polar surface area (TPSA) is 83.5 Å². The van der Waals surface area contributed by atoms with Crippen molar-refractivity contribution in [1.82, 2.24) is 14.9 Å². The van der Waals surface area contributed by atoms with Crippen molar-refractivity contribution in [3.63, 3.8) is 0 Å². The molecule has 0 radical (unpaired) electrons. The fourth-order valence-electron chi connectivity index (χ4n) is 3.55. The number of hydrogen-bond acceptors (Lipinski definition) is 8. The zero-order chi connectivity index (χ0) is 20.9. The number of rotatable bonds is 3. The average molecular weight is 459 g/mol. The van der Waals surface area contributed by atoms with Crippen LogP contribution in [0.1, 0.15) is 9.80 Å². The zero-order valence-electron chi connectivity index (χ0n) is 16.1. The quantitative estimate of drug-likeness (QED) is 0.469. The van der Waals surface area contributed by atoms with Crippen molar-refractivity contribution in [2.75, 3.05) is 37.3 Å². The third kappa shape index (κ3) is 3.44. The van der Waals surface area contributed by atoms with Crippen LogP contribution in [0, 0.1) is 0 Å². The van der Waals surface area contributed by atoms with E-state index >= 15 is 0 Å². The lowest BCUT2D eigenvalue weighted by Crippen LogP contribution is -2.48. The number of nitrogens with zero attached hydrogens (tertiary/aromatic N) is 4. The molecule has 1 amide bonds. The van der Waals surface area contributed by atoms with Crippen LogP contribution in [0.5, 0.6) is 0 Å². The number of benzene rings is 2. The van der Waals surface area contributed by atoms with Gasteiger partial charge in [0.2, 0.25) is 0 Å². The molecule has 0 bridgehead atoms. The number of carbonyl (C=O) groups excluding carboxylic acids is 1. The molecule has 0 N–H and O–H groups in total. The van der Waals surface area contributed by atoms with E-state index in [1.54, 1.807) is 12.1 Å². The second kappa shape index (κ2) is 7.29. The van der Waals surface area contributed by atoms with Crippen LogP contribution in [-0.4, -0.2) is 61.6 Å². The number of sulfone groups is 1. The first-order valence-corrected chi connectivity index (χ1v) is 12.9. The highest BCUT2D eigenvalue weighted by molar-refractivity contribution is 7.91. The Kier molecular flexibility index (Phi) is 4.72. The highest BCUT2D eigenvalue weighted by atomic mass is 32.2. The number of anilines is 1. The first-order valence-electron chi connectivity index (χ1n) is 9.39. The number of para-hydroxylation sites is 2. The molecule has 1 aliphatic heterocycles. The van der Waals surface area contributed by atoms with E-state index in [0.29, 0.717) is 36.7 Å². The van der Waals surface area contributed by atoms with Crippen LogP contribution < -0.4 is 4.90 Å². The summed E-state index contributed by atoms with van der Waals surface area (Å²) >= 11 is 2.90. The zero-order valence-corrected chi connectivity index (χ0v) is 18.6. The van der Waals surface area contributed by atoms with E-state index in [0.717, 1.165) is 20.0 Å². The Bertz CT molecular complexity index is 1340. The SMILES string of the molecule is CS(=O)(=O)c1cccc2sc(N3CCN(C(=O)c4nc5ccccc5s4)CC3)nc12. The molecule has 10 heteroatoms. The Morgan fingerprint density at radius 1 is 0.933 bits per heavy atom. The van der Waals surface area contributed by atoms with E-state index in [1.165, 1.54) is 28.9 Å². The van der Waals surface area contributed by atoms with Gasteiger partial charge in [0.1, 0.15) is 5.52 Å². The second-order valence-electron chi connectivity index (χ2n) is 7.14. The summed E-state index contributed by atoms with van der Waals surface area (Å²) < 4.78 is 26.0. The van der Waals surface area contributed by atoms with Crippen molar-refractivity contribution < 1.29 is 13.2 Å². The molecule has 4 aromatic rings. The maximum absolute atomic E-state index is 12.9. The van der Waals surface area contributed by atoms with Gasteiger partial charge in [-0.2, -0.15) is 0 Å². The van der Waals surface area contributed by atoms with Gasteiger partial charge >= 0.3 is 0 Å². The molecule has 0 saturated carbocycles. The summed E-state index contributed by atoms with van der Waals surface area (Å²) in [4.78, 5) is 26.2. The maximum atomic E-state index is 12.9. The van der Waals surface area contributed by atoms with E-state index in [2.05, 4.69) is 14.9 Å². The van der Waals surface area contributed by atoms with E-state index in [4.69, 9.17) is 0 Å². The molecule has 7 nitrogen and oxygen atoms in total. The molecule has 2 aromatic carbocycles. The van der Waals surface area contributed by atoms with Crippen molar-refractivity contribution in [3.8, 4) is 0 Å². The number of carbonyl (C=O) groups is 1. The smallest absolute Gasteiger partial charge is 0.282 e. The normalized spacial score (nSPS) is 15.2. The van der Waals surface area contributed by atoms with Crippen LogP contribution in [0.15, 0.2) is 47.4 Å². The van der Waals surface area contributed by atoms with Crippen molar-refractivity contribution >= 4 is 64.0 Å². The van der Waals surface area contributed by atoms with Gasteiger partial charge in [0, 0.05) is 32.4 Å². The van der Waals surface area contributed by atoms with Gasteiger partial charge in [-0.05, 0) is 24.3 Å². The average Bonchev–Trinajstić information content (AvgIpc) is 3.36. The first-order chi connectivity index (χ1) is 14.4. The molecular weight excluding hydrogens is 440 g/mol. The molecule has 0 spiro atoms. The Morgan fingerprint density at radius 2 is 1.67 bits per heavy atom. The van der Waals surface area contributed by atoms with E-state index in [1.807, 2.05) is 35.2 Å². The molecule has 154 valence electrons. The molecule has 30 heavy (non-hydrogen) atoms. The van der Waals surface area contributed by atoms with E-state index in [9.17, 15) is 13.2 Å². The number of amides is 1. The Hall–Kier alpha value is -2.56. The molecule has 5 rings (SSSR count). The molecular formula is C20H18N4O3S3. The summed E-state index contributed by atoms with van der Waals surface area (Å²) in [6.45, 7) is 2.43. The molecule has 1 aliphatic rings. The summed E-state index contributed by atoms with van der Waals surface area (Å²) in [6.07, 6.45) is 1.20. The Morgan fingerprint density at radius 3 is 2.40 bits per heavy atom. The summed E-state index contributed by atoms with van der Waals surface area (Å²) in [5.74, 6) is -0.0421. The number of thiazole rings is 2. The van der Waals surface area contributed by atoms with Crippen molar-refractivity contribution in [3.05, 3.63) is 47.5 Å². The van der Waals surface area contributed by atoms with Crippen molar-refractivity contribution in [2.24, 2.45) is 0 Å². The number of hydrogen-bond donors (Lipinski definition) is 0. The minimum absolute atomic E-state index is 0.0421. The van der Waals surface area contributed by atoms with Gasteiger partial charge in [0.15, 0.2) is 20.0 Å². The Balaban J connectivity index is 1.34. The molecule has 1 saturated heterocycles. The highest BCUT2D eigenvalue weighted by Crippen LogP contribution is 2.33. The van der Waals surface area contributed by atoms with Gasteiger partial charge in [-0.1, -0.05) is 29.5 Å². The third-order valence-corrected chi connectivity index (χ3v) is 8.32. The molecule has 0 atom stereocenters. The van der Waals surface area contributed by atoms with Gasteiger partial charge in [0.05, 0.1) is 19.8 Å². The first kappa shape index (κ1) is 19.4. The fourth-order valence-corrected chi connectivity index (χ4v) is 6.42. The largest absolute Gasteiger partial charge is 0.345 e. The van der Waals surface area contributed by atoms with Crippen LogP contribution in [-0.2, 0) is 9.84 Å².